The van der Waals surface area contributed by atoms with Crippen molar-refractivity contribution in [3.05, 3.63) is 12.7 Å². The van der Waals surface area contributed by atoms with Crippen LogP contribution in [0.5, 0.6) is 0 Å². The third kappa shape index (κ3) is 5.83. The fraction of sp³-hybridized carbons (Fsp3) is 0.818. The van der Waals surface area contributed by atoms with Crippen molar-refractivity contribution in [3.63, 3.8) is 0 Å². The van der Waals surface area contributed by atoms with Crippen LogP contribution in [-0.4, -0.2) is 22.4 Å². The van der Waals surface area contributed by atoms with Crippen molar-refractivity contribution >= 4 is 0 Å². The molecule has 0 aromatic carbocycles. The van der Waals surface area contributed by atoms with Gasteiger partial charge in [0, 0.05) is 6.61 Å². The van der Waals surface area contributed by atoms with Gasteiger partial charge in [0.25, 0.3) is 0 Å². The molecule has 1 unspecified atom stereocenters. The lowest BCUT2D eigenvalue weighted by atomic mass is 9.90. The summed E-state index contributed by atoms with van der Waals surface area (Å²) in [6, 6.07) is 0. The molecule has 0 aromatic heterocycles. The van der Waals surface area contributed by atoms with Crippen LogP contribution in [0.4, 0.5) is 0 Å². The second-order valence-corrected chi connectivity index (χ2v) is 3.65. The van der Waals surface area contributed by atoms with Crippen molar-refractivity contribution in [1.29, 1.82) is 0 Å². The Morgan fingerprint density at radius 1 is 1.31 bits per heavy atom. The van der Waals surface area contributed by atoms with Crippen LogP contribution in [0.2, 0.25) is 0 Å². The Hall–Kier alpha value is -0.340. The average molecular weight is 186 g/mol. The number of rotatable bonds is 8. The first kappa shape index (κ1) is 12.7. The minimum atomic E-state index is -0.717. The highest BCUT2D eigenvalue weighted by Gasteiger charge is 2.23. The van der Waals surface area contributed by atoms with Crippen LogP contribution in [0.25, 0.3) is 0 Å². The van der Waals surface area contributed by atoms with Gasteiger partial charge in [-0.05, 0) is 19.3 Å². The fourth-order valence-corrected chi connectivity index (χ4v) is 1.51. The first-order chi connectivity index (χ1) is 6.18. The third-order valence-corrected chi connectivity index (χ3v) is 2.35. The van der Waals surface area contributed by atoms with Crippen LogP contribution >= 0.6 is 0 Å². The van der Waals surface area contributed by atoms with Crippen LogP contribution in [0, 0.1) is 0 Å². The zero-order valence-electron chi connectivity index (χ0n) is 8.63. The highest BCUT2D eigenvalue weighted by Crippen LogP contribution is 2.23. The SMILES string of the molecule is C=CCC(O)(CCO)CCCCC. The van der Waals surface area contributed by atoms with Gasteiger partial charge in [-0.3, -0.25) is 0 Å². The predicted octanol–water partition coefficient (Wildman–Crippen LogP) is 2.26. The Kier molecular flexibility index (Phi) is 6.92. The molecule has 13 heavy (non-hydrogen) atoms. The summed E-state index contributed by atoms with van der Waals surface area (Å²) in [5, 5.41) is 18.8. The molecule has 0 radical (unpaired) electrons. The highest BCUT2D eigenvalue weighted by atomic mass is 16.3. The Morgan fingerprint density at radius 2 is 2.00 bits per heavy atom. The minimum absolute atomic E-state index is 0.0520. The first-order valence-corrected chi connectivity index (χ1v) is 5.12. The maximum atomic E-state index is 10.0. The third-order valence-electron chi connectivity index (χ3n) is 2.35. The van der Waals surface area contributed by atoms with E-state index >= 15 is 0 Å². The molecule has 0 aliphatic heterocycles. The van der Waals surface area contributed by atoms with Gasteiger partial charge in [0.2, 0.25) is 0 Å². The smallest absolute Gasteiger partial charge is 0.0703 e. The van der Waals surface area contributed by atoms with Gasteiger partial charge in [-0.2, -0.15) is 0 Å². The quantitative estimate of drug-likeness (QED) is 0.451. The molecule has 1 atom stereocenters. The number of aliphatic hydroxyl groups is 2. The molecule has 0 saturated heterocycles. The summed E-state index contributed by atoms with van der Waals surface area (Å²) in [5.74, 6) is 0. The molecule has 0 heterocycles. The van der Waals surface area contributed by atoms with E-state index < -0.39 is 5.60 Å². The van der Waals surface area contributed by atoms with Gasteiger partial charge >= 0.3 is 0 Å². The van der Waals surface area contributed by atoms with Gasteiger partial charge in [0.1, 0.15) is 0 Å². The van der Waals surface area contributed by atoms with Gasteiger partial charge < -0.3 is 10.2 Å². The van der Waals surface area contributed by atoms with E-state index in [1.807, 2.05) is 0 Å². The molecule has 78 valence electrons. The number of aliphatic hydroxyl groups excluding tert-OH is 1. The summed E-state index contributed by atoms with van der Waals surface area (Å²) in [6.07, 6.45) is 6.87. The van der Waals surface area contributed by atoms with Crippen LogP contribution in [0.15, 0.2) is 12.7 Å². The van der Waals surface area contributed by atoms with E-state index in [0.29, 0.717) is 12.8 Å². The predicted molar refractivity (Wildman–Crippen MR) is 55.6 cm³/mol. The van der Waals surface area contributed by atoms with Crippen molar-refractivity contribution in [2.45, 2.75) is 51.0 Å². The summed E-state index contributed by atoms with van der Waals surface area (Å²) >= 11 is 0. The van der Waals surface area contributed by atoms with Crippen LogP contribution in [0.3, 0.4) is 0 Å². The summed E-state index contributed by atoms with van der Waals surface area (Å²) in [7, 11) is 0. The van der Waals surface area contributed by atoms with E-state index in [1.54, 1.807) is 6.08 Å². The molecule has 0 rings (SSSR count). The van der Waals surface area contributed by atoms with E-state index in [4.69, 9.17) is 5.11 Å². The van der Waals surface area contributed by atoms with Crippen LogP contribution in [0.1, 0.15) is 45.4 Å². The topological polar surface area (TPSA) is 40.5 Å². The lowest BCUT2D eigenvalue weighted by molar-refractivity contribution is 0.00847. The normalized spacial score (nSPS) is 15.3. The zero-order valence-corrected chi connectivity index (χ0v) is 8.63. The second kappa shape index (κ2) is 7.10. The van der Waals surface area contributed by atoms with Crippen molar-refractivity contribution < 1.29 is 10.2 Å². The van der Waals surface area contributed by atoms with Gasteiger partial charge in [0.15, 0.2) is 0 Å². The largest absolute Gasteiger partial charge is 0.396 e. The van der Waals surface area contributed by atoms with E-state index in [0.717, 1.165) is 25.7 Å². The first-order valence-electron chi connectivity index (χ1n) is 5.12. The summed E-state index contributed by atoms with van der Waals surface area (Å²) in [4.78, 5) is 0. The van der Waals surface area contributed by atoms with Crippen molar-refractivity contribution in [2.24, 2.45) is 0 Å². The Labute approximate surface area is 81.3 Å². The standard InChI is InChI=1S/C11H22O2/c1-3-5-6-8-11(13,7-4-2)9-10-12/h4,12-13H,2-3,5-10H2,1H3. The lowest BCUT2D eigenvalue weighted by Crippen LogP contribution is -2.29. The summed E-state index contributed by atoms with van der Waals surface area (Å²) < 4.78 is 0. The molecule has 0 fully saturated rings. The molecule has 2 nitrogen and oxygen atoms in total. The molecular formula is C11H22O2. The van der Waals surface area contributed by atoms with Gasteiger partial charge in [0.05, 0.1) is 5.60 Å². The zero-order chi connectivity index (χ0) is 10.2. The van der Waals surface area contributed by atoms with Crippen LogP contribution in [-0.2, 0) is 0 Å². The average Bonchev–Trinajstić information content (AvgIpc) is 2.05. The maximum absolute atomic E-state index is 10.0. The molecule has 0 amide bonds. The maximum Gasteiger partial charge on any atom is 0.0703 e. The number of unbranched alkanes of at least 4 members (excludes halogenated alkanes) is 2. The Morgan fingerprint density at radius 3 is 2.46 bits per heavy atom. The van der Waals surface area contributed by atoms with E-state index in [-0.39, 0.29) is 6.61 Å². The molecule has 0 aliphatic carbocycles. The Balaban J connectivity index is 3.83. The number of hydrogen-bond donors (Lipinski definition) is 2. The molecule has 0 aliphatic rings. The van der Waals surface area contributed by atoms with Crippen molar-refractivity contribution in [3.8, 4) is 0 Å². The highest BCUT2D eigenvalue weighted by molar-refractivity contribution is 4.86. The Bertz CT molecular complexity index is 134. The molecule has 0 aromatic rings. The summed E-state index contributed by atoms with van der Waals surface area (Å²) in [6.45, 7) is 5.80. The van der Waals surface area contributed by atoms with Gasteiger partial charge in [-0.25, -0.2) is 0 Å². The minimum Gasteiger partial charge on any atom is -0.396 e. The molecule has 0 saturated carbocycles. The second-order valence-electron chi connectivity index (χ2n) is 3.65. The molecule has 0 spiro atoms. The molecule has 0 bridgehead atoms. The van der Waals surface area contributed by atoms with E-state index in [1.165, 1.54) is 0 Å². The van der Waals surface area contributed by atoms with Crippen molar-refractivity contribution in [1.82, 2.24) is 0 Å². The lowest BCUT2D eigenvalue weighted by Gasteiger charge is -2.26. The van der Waals surface area contributed by atoms with Gasteiger partial charge in [-0.15, -0.1) is 6.58 Å². The molecular weight excluding hydrogens is 164 g/mol. The van der Waals surface area contributed by atoms with E-state index in [9.17, 15) is 5.11 Å². The van der Waals surface area contributed by atoms with Crippen molar-refractivity contribution in [2.75, 3.05) is 6.61 Å². The monoisotopic (exact) mass is 186 g/mol. The van der Waals surface area contributed by atoms with Crippen LogP contribution < -0.4 is 0 Å². The van der Waals surface area contributed by atoms with Gasteiger partial charge in [-0.1, -0.05) is 32.3 Å². The molecule has 2 heteroatoms. The van der Waals surface area contributed by atoms with E-state index in [2.05, 4.69) is 13.5 Å². The summed E-state index contributed by atoms with van der Waals surface area (Å²) in [5.41, 5.74) is -0.717. The number of hydrogen-bond acceptors (Lipinski definition) is 2. The molecule has 2 N–H and O–H groups in total. The fourth-order valence-electron chi connectivity index (χ4n) is 1.51.